The van der Waals surface area contributed by atoms with E-state index in [1.165, 1.54) is 115 Å². The third-order valence-corrected chi connectivity index (χ3v) is 27.2. The Morgan fingerprint density at radius 3 is 0.736 bits per heavy atom. The number of aryl methyl sites for hydroxylation is 3. The second kappa shape index (κ2) is 28.1. The minimum atomic E-state index is -1.96. The molecule has 24 aromatic rings. The van der Waals surface area contributed by atoms with Crippen LogP contribution in [0.15, 0.2) is 284 Å². The van der Waals surface area contributed by atoms with Crippen molar-refractivity contribution in [3.8, 4) is 0 Å². The second-order valence-corrected chi connectivity index (χ2v) is 34.9. The van der Waals surface area contributed by atoms with Gasteiger partial charge in [-0.2, -0.15) is 29.9 Å². The monoisotopic (exact) mass is 1910 g/mol. The lowest BCUT2D eigenvalue weighted by Gasteiger charge is -2.38. The fourth-order valence-corrected chi connectivity index (χ4v) is 21.4. The minimum absolute atomic E-state index is 0.00112. The first kappa shape index (κ1) is 81.3. The number of aromatic nitrogens is 30. The van der Waals surface area contributed by atoms with E-state index in [1.807, 2.05) is 93.6 Å². The molecule has 0 saturated heterocycles. The van der Waals surface area contributed by atoms with Gasteiger partial charge < -0.3 is 31.9 Å². The lowest BCUT2D eigenvalue weighted by Crippen LogP contribution is -2.61. The molecule has 0 radical (unpaired) electrons. The zero-order valence-corrected chi connectivity index (χ0v) is 73.9. The van der Waals surface area contributed by atoms with Crippen LogP contribution >= 0.6 is 0 Å². The third kappa shape index (κ3) is 10.1. The summed E-state index contributed by atoms with van der Waals surface area (Å²) in [6.45, 7) is 5.82. The Morgan fingerprint density at radius 1 is 0.236 bits per heavy atom. The predicted octanol–water partition coefficient (Wildman–Crippen LogP) is 7.09. The molecule has 18 aromatic heterocycles. The molecule has 0 unspecified atom stereocenters. The molecule has 144 heavy (non-hydrogen) atoms. The summed E-state index contributed by atoms with van der Waals surface area (Å²) >= 11 is 0. The van der Waals surface area contributed by atoms with E-state index in [2.05, 4.69) is 71.8 Å². The van der Waals surface area contributed by atoms with Crippen LogP contribution in [0.4, 0.5) is 52.8 Å². The number of nitrogens with one attached hydrogen (secondary N) is 6. The number of non-ortho nitro benzene ring substituents is 3. The Balaban J connectivity index is 0.000000105. The number of anilines is 6. The molecule has 0 amide bonds. The lowest BCUT2D eigenvalue weighted by molar-refractivity contribution is -0.384. The topological polar surface area (TPSA) is 592 Å². The number of imidazole rings is 6. The zero-order valence-electron chi connectivity index (χ0n) is 73.9. The van der Waals surface area contributed by atoms with Crippen molar-refractivity contribution in [1.29, 1.82) is 0 Å². The van der Waals surface area contributed by atoms with Gasteiger partial charge in [0.25, 0.3) is 17.1 Å². The average molecular weight is 1910 g/mol. The van der Waals surface area contributed by atoms with Gasteiger partial charge in [-0.3, -0.25) is 60.2 Å². The number of nitro benzene ring substituents is 3. The van der Waals surface area contributed by atoms with E-state index in [9.17, 15) is 30.3 Å². The number of hydrogen-bond donors (Lipinski definition) is 6. The van der Waals surface area contributed by atoms with Crippen molar-refractivity contribution < 1.29 is 14.8 Å². The van der Waals surface area contributed by atoms with Gasteiger partial charge in [-0.1, -0.05) is 54.6 Å². The number of pyridine rings is 6. The normalized spacial score (nSPS) is 19.4. The molecule has 0 spiro atoms. The van der Waals surface area contributed by atoms with Crippen LogP contribution in [-0.4, -0.2) is 158 Å². The molecule has 0 aliphatic carbocycles. The van der Waals surface area contributed by atoms with Crippen molar-refractivity contribution in [2.24, 2.45) is 0 Å². The summed E-state index contributed by atoms with van der Waals surface area (Å²) in [5.41, 5.74) is -4.94. The van der Waals surface area contributed by atoms with Crippen LogP contribution in [0.3, 0.4) is 0 Å². The van der Waals surface area contributed by atoms with Gasteiger partial charge >= 0.3 is 34.1 Å². The average Bonchev–Trinajstić information content (AvgIpc) is 1.49. The fraction of sp³-hybridized carbons (Fsp3) is 0.0968. The van der Waals surface area contributed by atoms with E-state index in [0.29, 0.717) is 61.4 Å². The fourth-order valence-electron chi connectivity index (χ4n) is 21.4. The maximum atomic E-state index is 15.1. The standard InChI is InChI=1S/C32H22N12O2.C31H19N13O4.C30H16N14O6/c1-17-10-12-21-20(15-17)36-26-38-28-40-31(23-7-3-5-13-33-23)32(24-8-4-6-14-34-24,43(28)29(45)41(21)26)44-27(39-31)37-25-35-19-11-9-18(2)16-22(19)42(25)30(44)46;1-16-8-10-18-20(14-16)40-24(34-18)36-26-38-30(22-6-2-4-12-32-22)31(42(26)28(40)45,23-7-3-5-13-33-23)43-27(39-30)37-25-35-19-11-9-17(44(47)48)15-21(19)41(25)29(43)46;45-27-39-19-9-7-15(43(47)48)13-17(19)33-23(39)35-25-37-29(21-5-1-3-11-31-21)30(41(25)27,22-6-2-4-12-32-22)42-26(38-29)36-24-34-18-14-16(44(49)50)8-10-20(18)40(24)28(42)46/h3-16H,1-2H3,(H,35,37,39)(H,36,38,40);2-15H,1H3,(H,34,36,38)(H,35,37,39);1-14H,(H,33,35,37)(H,34,36,38)/t31-,32-;30-,31+;/m00./s1. The highest BCUT2D eigenvalue weighted by atomic mass is 16.6. The maximum absolute atomic E-state index is 15.1. The molecule has 6 N–H and O–H groups in total. The molecule has 51 heteroatoms. The Bertz CT molecular complexity index is 10200. The summed E-state index contributed by atoms with van der Waals surface area (Å²) in [6.07, 6.45) is 9.49. The van der Waals surface area contributed by atoms with Gasteiger partial charge in [-0.15, -0.1) is 0 Å². The Morgan fingerprint density at radius 2 is 0.458 bits per heavy atom. The molecular weight excluding hydrogens is 1860 g/mol. The summed E-state index contributed by atoms with van der Waals surface area (Å²) in [5.74, 6) is 0.911. The highest BCUT2D eigenvalue weighted by Gasteiger charge is 2.74. The predicted molar refractivity (Wildman–Crippen MR) is 512 cm³/mol. The van der Waals surface area contributed by atoms with Crippen molar-refractivity contribution in [3.05, 3.63) is 400 Å². The molecule has 51 nitrogen and oxygen atoms in total. The van der Waals surface area contributed by atoms with E-state index in [4.69, 9.17) is 49.8 Å². The molecular formula is C93H57N39O12. The van der Waals surface area contributed by atoms with Crippen LogP contribution in [0.25, 0.3) is 101 Å². The van der Waals surface area contributed by atoms with Crippen LogP contribution in [0, 0.1) is 51.1 Å². The SMILES string of the molecule is Cc1ccc2c(c1)nc1nc3n(c(=O)n12)[C@@]1(c2ccccn2)n2c(nc4nc5ccc(C)cc5n4c2=O)N[C@@]1(c1ccccn1)N3.Cc1ccc2nc3nc4n(c(=O)n3c2c1)[C@]1(c2ccccn2)n2c(nc3nc5ccc([N+](=O)[O-])cc5n3c2=O)N[C@]1(c1ccccn1)N4.O=c1n2c(nc3nc4cc([N+](=O)[O-])ccc4n13)NC1(c3ccccn3)Nc3nc4nc5cc([N+](=O)[O-])ccc5n4c(=O)n3C21c1ccccn1. The van der Waals surface area contributed by atoms with E-state index in [1.54, 1.807) is 122 Å². The number of rotatable bonds is 9. The second-order valence-electron chi connectivity index (χ2n) is 34.9. The first-order valence-corrected chi connectivity index (χ1v) is 44.2. The first-order chi connectivity index (χ1) is 69.9. The Labute approximate surface area is 794 Å². The van der Waals surface area contributed by atoms with Gasteiger partial charge in [0.05, 0.1) is 115 Å². The van der Waals surface area contributed by atoms with Crippen LogP contribution < -0.4 is 66.0 Å². The van der Waals surface area contributed by atoms with E-state index >= 15 is 28.8 Å². The Kier molecular flexibility index (Phi) is 15.8. The largest absolute Gasteiger partial charge is 0.340 e. The van der Waals surface area contributed by atoms with Gasteiger partial charge in [0, 0.05) is 73.6 Å². The van der Waals surface area contributed by atoms with E-state index in [-0.39, 0.29) is 126 Å². The van der Waals surface area contributed by atoms with Gasteiger partial charge in [-0.05, 0) is 165 Å². The summed E-state index contributed by atoms with van der Waals surface area (Å²) in [6, 6.07) is 60.2. The summed E-state index contributed by atoms with van der Waals surface area (Å²) in [4.78, 5) is 208. The van der Waals surface area contributed by atoms with Gasteiger partial charge in [0.1, 0.15) is 0 Å². The molecule has 6 aromatic carbocycles. The minimum Gasteiger partial charge on any atom is -0.324 e. The van der Waals surface area contributed by atoms with Gasteiger partial charge in [0.2, 0.25) is 104 Å². The van der Waals surface area contributed by atoms with E-state index in [0.717, 1.165) is 16.7 Å². The number of nitrogens with zero attached hydrogens (tertiary/aromatic N) is 33. The van der Waals surface area contributed by atoms with Crippen LogP contribution in [0.5, 0.6) is 0 Å². The highest BCUT2D eigenvalue weighted by molar-refractivity contribution is 5.88. The van der Waals surface area contributed by atoms with Crippen molar-refractivity contribution in [2.45, 2.75) is 54.7 Å². The molecule has 0 bridgehead atoms. The molecule has 6 aliphatic rings. The molecule has 6 aliphatic heterocycles. The molecule has 4 atom stereocenters. The summed E-state index contributed by atoms with van der Waals surface area (Å²) in [5, 5.41) is 55.2. The molecule has 30 rings (SSSR count). The molecule has 0 fully saturated rings. The summed E-state index contributed by atoms with van der Waals surface area (Å²) in [7, 11) is 0. The van der Waals surface area contributed by atoms with Gasteiger partial charge in [0.15, 0.2) is 0 Å². The van der Waals surface area contributed by atoms with Crippen molar-refractivity contribution in [2.75, 3.05) is 31.9 Å². The van der Waals surface area contributed by atoms with Crippen LogP contribution in [0.1, 0.15) is 50.9 Å². The van der Waals surface area contributed by atoms with Crippen molar-refractivity contribution in [3.63, 3.8) is 0 Å². The highest BCUT2D eigenvalue weighted by Crippen LogP contribution is 2.59. The lowest BCUT2D eigenvalue weighted by atomic mass is 9.87. The van der Waals surface area contributed by atoms with Crippen LogP contribution in [-0.2, 0) is 34.0 Å². The quantitative estimate of drug-likeness (QED) is 0.0620. The Hall–Kier alpha value is -21.1. The number of hydrogen-bond acceptors (Lipinski definition) is 36. The maximum Gasteiger partial charge on any atom is 0.340 e. The summed E-state index contributed by atoms with van der Waals surface area (Å²) < 4.78 is 16.1. The molecule has 696 valence electrons. The van der Waals surface area contributed by atoms with E-state index < -0.39 is 82.9 Å². The number of benzene rings is 6. The molecule has 0 saturated carbocycles. The van der Waals surface area contributed by atoms with Crippen molar-refractivity contribution >= 4 is 154 Å². The number of fused-ring (bicyclic) bond motifs is 33. The first-order valence-electron chi connectivity index (χ1n) is 44.2. The van der Waals surface area contributed by atoms with Crippen LogP contribution in [0.2, 0.25) is 0 Å². The number of nitro groups is 3. The smallest absolute Gasteiger partial charge is 0.324 e. The van der Waals surface area contributed by atoms with Crippen molar-refractivity contribution in [1.82, 2.24) is 144 Å². The third-order valence-electron chi connectivity index (χ3n) is 27.2. The zero-order chi connectivity index (χ0) is 97.6. The molecule has 24 heterocycles. The van der Waals surface area contributed by atoms with Gasteiger partial charge in [-0.25, -0.2) is 112 Å².